The van der Waals surface area contributed by atoms with E-state index in [0.717, 1.165) is 18.5 Å². The fourth-order valence-corrected chi connectivity index (χ4v) is 1.70. The minimum atomic E-state index is -0.242. The summed E-state index contributed by atoms with van der Waals surface area (Å²) in [5, 5.41) is 0. The highest BCUT2D eigenvalue weighted by molar-refractivity contribution is 5.95. The summed E-state index contributed by atoms with van der Waals surface area (Å²) in [5.74, 6) is 4.96. The Hall–Kier alpha value is -1.39. The molecule has 4 nitrogen and oxygen atoms in total. The van der Waals surface area contributed by atoms with Gasteiger partial charge in [0.25, 0.3) is 5.91 Å². The maximum absolute atomic E-state index is 11.7. The van der Waals surface area contributed by atoms with Crippen LogP contribution in [-0.2, 0) is 6.54 Å². The zero-order chi connectivity index (χ0) is 13.8. The van der Waals surface area contributed by atoms with Gasteiger partial charge in [-0.2, -0.15) is 0 Å². The van der Waals surface area contributed by atoms with E-state index in [2.05, 4.69) is 38.1 Å². The summed E-state index contributed by atoms with van der Waals surface area (Å²) in [6.07, 6.45) is 1.05. The van der Waals surface area contributed by atoms with Gasteiger partial charge in [0.2, 0.25) is 0 Å². The first-order valence-electron chi connectivity index (χ1n) is 6.22. The van der Waals surface area contributed by atoms with E-state index in [1.54, 1.807) is 6.07 Å². The second-order valence-corrected chi connectivity index (χ2v) is 5.15. The molecule has 0 heterocycles. The normalized spacial score (nSPS) is 11.7. The number of nitrogens with zero attached hydrogens (tertiary/aromatic N) is 1. The molecule has 0 bridgehead atoms. The average molecular weight is 249 g/mol. The standard InChI is InChI=1S/C14H23N3O/c1-5-14(2,3)17(4)10-11-8-6-7-9-12(11)13(18)16-15/h6-9H,5,10,15H2,1-4H3,(H,16,18). The van der Waals surface area contributed by atoms with Crippen molar-refractivity contribution in [3.63, 3.8) is 0 Å². The SMILES string of the molecule is CCC(C)(C)N(C)Cc1ccccc1C(=O)NN. The third kappa shape index (κ3) is 3.31. The third-order valence-corrected chi connectivity index (χ3v) is 3.70. The number of nitrogen functional groups attached to an aromatic ring is 1. The quantitative estimate of drug-likeness (QED) is 0.476. The van der Waals surface area contributed by atoms with Crippen molar-refractivity contribution in [2.24, 2.45) is 5.84 Å². The Morgan fingerprint density at radius 2 is 2.00 bits per heavy atom. The predicted octanol–water partition coefficient (Wildman–Crippen LogP) is 1.91. The lowest BCUT2D eigenvalue weighted by molar-refractivity contribution is 0.0948. The lowest BCUT2D eigenvalue weighted by Crippen LogP contribution is -2.40. The van der Waals surface area contributed by atoms with Crippen LogP contribution in [0.4, 0.5) is 0 Å². The Morgan fingerprint density at radius 3 is 2.56 bits per heavy atom. The van der Waals surface area contributed by atoms with Crippen LogP contribution in [0.3, 0.4) is 0 Å². The number of nitrogens with one attached hydrogen (secondary N) is 1. The van der Waals surface area contributed by atoms with Crippen molar-refractivity contribution in [3.8, 4) is 0 Å². The Morgan fingerprint density at radius 1 is 1.39 bits per heavy atom. The molecule has 1 aromatic rings. The Labute approximate surface area is 109 Å². The number of amides is 1. The highest BCUT2D eigenvalue weighted by Gasteiger charge is 2.22. The molecule has 3 N–H and O–H groups in total. The van der Waals surface area contributed by atoms with Crippen molar-refractivity contribution in [3.05, 3.63) is 35.4 Å². The van der Waals surface area contributed by atoms with Crippen LogP contribution in [0.25, 0.3) is 0 Å². The molecule has 0 unspecified atom stereocenters. The van der Waals surface area contributed by atoms with Crippen molar-refractivity contribution in [2.75, 3.05) is 7.05 Å². The number of benzene rings is 1. The van der Waals surface area contributed by atoms with E-state index in [-0.39, 0.29) is 11.4 Å². The first-order chi connectivity index (χ1) is 8.42. The number of hydrogen-bond acceptors (Lipinski definition) is 3. The summed E-state index contributed by atoms with van der Waals surface area (Å²) in [7, 11) is 2.07. The molecular weight excluding hydrogens is 226 g/mol. The van der Waals surface area contributed by atoms with E-state index in [9.17, 15) is 4.79 Å². The van der Waals surface area contributed by atoms with Gasteiger partial charge in [-0.1, -0.05) is 25.1 Å². The highest BCUT2D eigenvalue weighted by atomic mass is 16.2. The second kappa shape index (κ2) is 5.98. The number of hydrogen-bond donors (Lipinski definition) is 2. The molecule has 0 aromatic heterocycles. The van der Waals surface area contributed by atoms with Gasteiger partial charge in [-0.25, -0.2) is 5.84 Å². The molecule has 0 aliphatic heterocycles. The molecule has 18 heavy (non-hydrogen) atoms. The van der Waals surface area contributed by atoms with E-state index in [4.69, 9.17) is 5.84 Å². The molecule has 1 rings (SSSR count). The third-order valence-electron chi connectivity index (χ3n) is 3.70. The smallest absolute Gasteiger partial charge is 0.265 e. The minimum Gasteiger partial charge on any atom is -0.297 e. The van der Waals surface area contributed by atoms with E-state index in [1.807, 2.05) is 18.2 Å². The number of carbonyl (C=O) groups is 1. The molecule has 1 aromatic carbocycles. The van der Waals surface area contributed by atoms with E-state index < -0.39 is 0 Å². The lowest BCUT2D eigenvalue weighted by Gasteiger charge is -2.35. The fraction of sp³-hybridized carbons (Fsp3) is 0.500. The van der Waals surface area contributed by atoms with Crippen LogP contribution >= 0.6 is 0 Å². The Balaban J connectivity index is 2.94. The molecule has 0 aliphatic rings. The monoisotopic (exact) mass is 249 g/mol. The summed E-state index contributed by atoms with van der Waals surface area (Å²) in [6.45, 7) is 7.27. The van der Waals surface area contributed by atoms with Crippen LogP contribution in [0.5, 0.6) is 0 Å². The molecular formula is C14H23N3O. The van der Waals surface area contributed by atoms with Crippen molar-refractivity contribution < 1.29 is 4.79 Å². The summed E-state index contributed by atoms with van der Waals surface area (Å²) >= 11 is 0. The van der Waals surface area contributed by atoms with Crippen molar-refractivity contribution in [1.29, 1.82) is 0 Å². The highest BCUT2D eigenvalue weighted by Crippen LogP contribution is 2.20. The summed E-state index contributed by atoms with van der Waals surface area (Å²) in [4.78, 5) is 13.9. The van der Waals surface area contributed by atoms with Crippen molar-refractivity contribution in [2.45, 2.75) is 39.3 Å². The van der Waals surface area contributed by atoms with Gasteiger partial charge in [0.15, 0.2) is 0 Å². The molecule has 0 spiro atoms. The van der Waals surface area contributed by atoms with Crippen molar-refractivity contribution >= 4 is 5.91 Å². The molecule has 4 heteroatoms. The predicted molar refractivity (Wildman–Crippen MR) is 73.9 cm³/mol. The molecule has 1 amide bonds. The second-order valence-electron chi connectivity index (χ2n) is 5.15. The maximum Gasteiger partial charge on any atom is 0.265 e. The largest absolute Gasteiger partial charge is 0.297 e. The van der Waals surface area contributed by atoms with Gasteiger partial charge in [-0.15, -0.1) is 0 Å². The van der Waals surface area contributed by atoms with Crippen molar-refractivity contribution in [1.82, 2.24) is 10.3 Å². The van der Waals surface area contributed by atoms with Gasteiger partial charge < -0.3 is 0 Å². The van der Waals surface area contributed by atoms with Crippen LogP contribution in [0, 0.1) is 0 Å². The molecule has 0 saturated carbocycles. The Bertz CT molecular complexity index is 415. The number of nitrogens with two attached hydrogens (primary N) is 1. The first kappa shape index (κ1) is 14.7. The number of rotatable bonds is 5. The van der Waals surface area contributed by atoms with Gasteiger partial charge in [0, 0.05) is 17.6 Å². The number of hydrazine groups is 1. The van der Waals surface area contributed by atoms with Crippen LogP contribution in [0.15, 0.2) is 24.3 Å². The van der Waals surface area contributed by atoms with Gasteiger partial charge in [-0.05, 0) is 38.9 Å². The molecule has 0 fully saturated rings. The minimum absolute atomic E-state index is 0.103. The van der Waals surface area contributed by atoms with Gasteiger partial charge in [0.1, 0.15) is 0 Å². The fourth-order valence-electron chi connectivity index (χ4n) is 1.70. The van der Waals surface area contributed by atoms with Crippen LogP contribution < -0.4 is 11.3 Å². The maximum atomic E-state index is 11.7. The van der Waals surface area contributed by atoms with Crippen LogP contribution in [0.2, 0.25) is 0 Å². The van der Waals surface area contributed by atoms with Crippen LogP contribution in [-0.4, -0.2) is 23.4 Å². The molecule has 0 aliphatic carbocycles. The lowest BCUT2D eigenvalue weighted by atomic mass is 9.98. The average Bonchev–Trinajstić information content (AvgIpc) is 2.38. The first-order valence-corrected chi connectivity index (χ1v) is 6.22. The van der Waals surface area contributed by atoms with E-state index >= 15 is 0 Å². The van der Waals surface area contributed by atoms with Gasteiger partial charge in [-0.3, -0.25) is 15.1 Å². The molecule has 0 saturated heterocycles. The number of carbonyl (C=O) groups excluding carboxylic acids is 1. The Kier molecular flexibility index (Phi) is 4.87. The van der Waals surface area contributed by atoms with Gasteiger partial charge >= 0.3 is 0 Å². The topological polar surface area (TPSA) is 58.4 Å². The van der Waals surface area contributed by atoms with Gasteiger partial charge in [0.05, 0.1) is 0 Å². The zero-order valence-electron chi connectivity index (χ0n) is 11.7. The summed E-state index contributed by atoms with van der Waals surface area (Å²) in [5.41, 5.74) is 3.92. The molecule has 100 valence electrons. The summed E-state index contributed by atoms with van der Waals surface area (Å²) in [6, 6.07) is 7.55. The summed E-state index contributed by atoms with van der Waals surface area (Å²) < 4.78 is 0. The van der Waals surface area contributed by atoms with E-state index in [0.29, 0.717) is 5.56 Å². The van der Waals surface area contributed by atoms with Crippen LogP contribution in [0.1, 0.15) is 43.1 Å². The molecule has 0 atom stereocenters. The van der Waals surface area contributed by atoms with E-state index in [1.165, 1.54) is 0 Å². The molecule has 0 radical (unpaired) electrons. The zero-order valence-corrected chi connectivity index (χ0v) is 11.7.